The molecule has 2 aromatic rings. The second-order valence-electron chi connectivity index (χ2n) is 4.70. The Balaban J connectivity index is 2.34. The average Bonchev–Trinajstić information content (AvgIpc) is 2.53. The van der Waals surface area contributed by atoms with Gasteiger partial charge in [-0.1, -0.05) is 0 Å². The van der Waals surface area contributed by atoms with E-state index in [0.29, 0.717) is 0 Å². The number of carbonyl (C=O) groups is 2. The second-order valence-corrected chi connectivity index (χ2v) is 4.70. The third kappa shape index (κ3) is 3.31. The molecule has 0 heterocycles. The number of hydrogen-bond acceptors (Lipinski definition) is 4. The van der Waals surface area contributed by atoms with Gasteiger partial charge in [-0.2, -0.15) is 0 Å². The predicted octanol–water partition coefficient (Wildman–Crippen LogP) is 2.11. The van der Waals surface area contributed by atoms with Crippen LogP contribution in [0.3, 0.4) is 0 Å². The minimum atomic E-state index is -0.748. The monoisotopic (exact) mass is 317 g/mol. The van der Waals surface area contributed by atoms with Gasteiger partial charge < -0.3 is 10.6 Å². The third-order valence-corrected chi connectivity index (χ3v) is 3.22. The molecule has 23 heavy (non-hydrogen) atoms. The number of nitro benzene ring substituents is 1. The summed E-state index contributed by atoms with van der Waals surface area (Å²) < 4.78 is 13.9. The number of amides is 2. The highest BCUT2D eigenvalue weighted by atomic mass is 19.1. The zero-order valence-electron chi connectivity index (χ0n) is 12.0. The van der Waals surface area contributed by atoms with Crippen LogP contribution in [0.4, 0.5) is 15.8 Å². The Hall–Kier alpha value is -3.29. The summed E-state index contributed by atoms with van der Waals surface area (Å²) in [6.07, 6.45) is 0. The van der Waals surface area contributed by atoms with E-state index in [1.54, 1.807) is 0 Å². The Kier molecular flexibility index (Phi) is 4.35. The van der Waals surface area contributed by atoms with Crippen molar-refractivity contribution in [1.29, 1.82) is 0 Å². The zero-order chi connectivity index (χ0) is 17.1. The summed E-state index contributed by atoms with van der Waals surface area (Å²) >= 11 is 0. The molecular weight excluding hydrogens is 305 g/mol. The van der Waals surface area contributed by atoms with Crippen molar-refractivity contribution in [3.05, 3.63) is 69.5 Å². The summed E-state index contributed by atoms with van der Waals surface area (Å²) in [5.74, 6) is -2.03. The van der Waals surface area contributed by atoms with Crippen LogP contribution >= 0.6 is 0 Å². The lowest BCUT2D eigenvalue weighted by atomic mass is 10.1. The van der Waals surface area contributed by atoms with Gasteiger partial charge in [0.05, 0.1) is 10.6 Å². The van der Waals surface area contributed by atoms with E-state index in [1.807, 2.05) is 0 Å². The van der Waals surface area contributed by atoms with Crippen molar-refractivity contribution in [2.45, 2.75) is 0 Å². The van der Waals surface area contributed by atoms with Gasteiger partial charge in [-0.15, -0.1) is 0 Å². The van der Waals surface area contributed by atoms with Crippen molar-refractivity contribution < 1.29 is 18.9 Å². The molecule has 0 saturated heterocycles. The smallest absolute Gasteiger partial charge is 0.269 e. The van der Waals surface area contributed by atoms with E-state index in [9.17, 15) is 24.1 Å². The van der Waals surface area contributed by atoms with Gasteiger partial charge in [0.25, 0.3) is 11.6 Å². The van der Waals surface area contributed by atoms with Crippen molar-refractivity contribution in [3.8, 4) is 0 Å². The standard InChI is InChI=1S/C15H12FN3O4/c1-18(13-8-10(14(17)20)4-7-12(13)16)15(21)9-2-5-11(6-3-9)19(22)23/h2-8H,1H3,(H2,17,20). The Bertz CT molecular complexity index is 790. The SMILES string of the molecule is CN(C(=O)c1ccc([N+](=O)[O-])cc1)c1cc(C(N)=O)ccc1F. The highest BCUT2D eigenvalue weighted by Gasteiger charge is 2.19. The maximum absolute atomic E-state index is 13.9. The van der Waals surface area contributed by atoms with Crippen molar-refractivity contribution in [2.24, 2.45) is 5.73 Å². The number of nitrogens with zero attached hydrogens (tertiary/aromatic N) is 2. The summed E-state index contributed by atoms with van der Waals surface area (Å²) in [5, 5.41) is 10.6. The highest BCUT2D eigenvalue weighted by molar-refractivity contribution is 6.06. The number of primary amides is 1. The quantitative estimate of drug-likeness (QED) is 0.688. The molecule has 2 aromatic carbocycles. The molecule has 0 atom stereocenters. The largest absolute Gasteiger partial charge is 0.366 e. The summed E-state index contributed by atoms with van der Waals surface area (Å²) in [4.78, 5) is 34.5. The zero-order valence-corrected chi connectivity index (χ0v) is 12.0. The van der Waals surface area contributed by atoms with Gasteiger partial charge in [0, 0.05) is 30.3 Å². The van der Waals surface area contributed by atoms with E-state index in [1.165, 1.54) is 43.4 Å². The summed E-state index contributed by atoms with van der Waals surface area (Å²) in [7, 11) is 1.33. The number of carbonyl (C=O) groups excluding carboxylic acids is 2. The molecule has 0 aliphatic carbocycles. The van der Waals surface area contributed by atoms with Crippen LogP contribution in [-0.2, 0) is 0 Å². The van der Waals surface area contributed by atoms with Crippen LogP contribution < -0.4 is 10.6 Å². The van der Waals surface area contributed by atoms with E-state index in [0.717, 1.165) is 11.0 Å². The fourth-order valence-corrected chi connectivity index (χ4v) is 1.95. The minimum absolute atomic E-state index is 0.0600. The highest BCUT2D eigenvalue weighted by Crippen LogP contribution is 2.22. The number of non-ortho nitro benzene ring substituents is 1. The number of halogens is 1. The van der Waals surface area contributed by atoms with Crippen LogP contribution in [0.1, 0.15) is 20.7 Å². The lowest BCUT2D eigenvalue weighted by molar-refractivity contribution is -0.384. The van der Waals surface area contributed by atoms with Gasteiger partial charge in [-0.05, 0) is 30.3 Å². The first-order valence-corrected chi connectivity index (χ1v) is 6.43. The molecule has 2 N–H and O–H groups in total. The molecule has 0 unspecified atom stereocenters. The number of anilines is 1. The summed E-state index contributed by atoms with van der Waals surface area (Å²) in [6.45, 7) is 0. The molecule has 8 heteroatoms. The molecule has 0 aliphatic heterocycles. The van der Waals surface area contributed by atoms with Gasteiger partial charge >= 0.3 is 0 Å². The van der Waals surface area contributed by atoms with Crippen molar-refractivity contribution in [3.63, 3.8) is 0 Å². The average molecular weight is 317 g/mol. The first-order chi connectivity index (χ1) is 10.8. The Morgan fingerprint density at radius 2 is 1.70 bits per heavy atom. The maximum atomic E-state index is 13.9. The van der Waals surface area contributed by atoms with Gasteiger partial charge in [0.2, 0.25) is 5.91 Å². The molecule has 0 bridgehead atoms. The van der Waals surface area contributed by atoms with Crippen LogP contribution in [-0.4, -0.2) is 23.8 Å². The van der Waals surface area contributed by atoms with E-state index >= 15 is 0 Å². The molecule has 7 nitrogen and oxygen atoms in total. The second kappa shape index (κ2) is 6.22. The van der Waals surface area contributed by atoms with Gasteiger partial charge in [0.15, 0.2) is 0 Å². The first kappa shape index (κ1) is 16.1. The lowest BCUT2D eigenvalue weighted by Gasteiger charge is -2.18. The van der Waals surface area contributed by atoms with Gasteiger partial charge in [0.1, 0.15) is 5.82 Å². The van der Waals surface area contributed by atoms with E-state index in [-0.39, 0.29) is 22.5 Å². The molecule has 0 aromatic heterocycles. The minimum Gasteiger partial charge on any atom is -0.366 e. The fraction of sp³-hybridized carbons (Fsp3) is 0.0667. The van der Waals surface area contributed by atoms with Crippen molar-refractivity contribution in [2.75, 3.05) is 11.9 Å². The molecule has 2 amide bonds. The molecule has 118 valence electrons. The van der Waals surface area contributed by atoms with Crippen molar-refractivity contribution in [1.82, 2.24) is 0 Å². The van der Waals surface area contributed by atoms with E-state index in [2.05, 4.69) is 0 Å². The third-order valence-electron chi connectivity index (χ3n) is 3.22. The predicted molar refractivity (Wildman–Crippen MR) is 80.7 cm³/mol. The van der Waals surface area contributed by atoms with Crippen LogP contribution in [0.2, 0.25) is 0 Å². The molecule has 2 rings (SSSR count). The topological polar surface area (TPSA) is 107 Å². The van der Waals surface area contributed by atoms with Crippen LogP contribution in [0, 0.1) is 15.9 Å². The molecule has 0 aliphatic rings. The van der Waals surface area contributed by atoms with Crippen LogP contribution in [0.15, 0.2) is 42.5 Å². The maximum Gasteiger partial charge on any atom is 0.269 e. The van der Waals surface area contributed by atoms with Gasteiger partial charge in [-0.3, -0.25) is 19.7 Å². The summed E-state index contributed by atoms with van der Waals surface area (Å²) in [6, 6.07) is 8.31. The molecule has 0 spiro atoms. The lowest BCUT2D eigenvalue weighted by Crippen LogP contribution is -2.27. The van der Waals surface area contributed by atoms with Gasteiger partial charge in [-0.25, -0.2) is 4.39 Å². The summed E-state index contributed by atoms with van der Waals surface area (Å²) in [5.41, 5.74) is 5.06. The Morgan fingerprint density at radius 3 is 2.22 bits per heavy atom. The molecular formula is C15H12FN3O4. The van der Waals surface area contributed by atoms with Crippen LogP contribution in [0.5, 0.6) is 0 Å². The Morgan fingerprint density at radius 1 is 1.13 bits per heavy atom. The fourth-order valence-electron chi connectivity index (χ4n) is 1.95. The number of rotatable bonds is 4. The molecule has 0 saturated carbocycles. The number of nitro groups is 1. The van der Waals surface area contributed by atoms with E-state index < -0.39 is 22.6 Å². The number of hydrogen-bond donors (Lipinski definition) is 1. The normalized spacial score (nSPS) is 10.2. The van der Waals surface area contributed by atoms with Crippen LogP contribution in [0.25, 0.3) is 0 Å². The molecule has 0 radical (unpaired) electrons. The van der Waals surface area contributed by atoms with E-state index in [4.69, 9.17) is 5.73 Å². The number of nitrogens with two attached hydrogens (primary N) is 1. The van der Waals surface area contributed by atoms with Crippen molar-refractivity contribution >= 4 is 23.2 Å². The molecule has 0 fully saturated rings. The number of benzene rings is 2. The Labute approximate surface area is 130 Å². The first-order valence-electron chi connectivity index (χ1n) is 6.43.